The zero-order valence-corrected chi connectivity index (χ0v) is 17.7. The summed E-state index contributed by atoms with van der Waals surface area (Å²) >= 11 is 0. The van der Waals surface area contributed by atoms with Gasteiger partial charge in [-0.15, -0.1) is 5.06 Å². The van der Waals surface area contributed by atoms with E-state index in [-0.39, 0.29) is 11.5 Å². The Morgan fingerprint density at radius 2 is 1.96 bits per heavy atom. The highest BCUT2D eigenvalue weighted by molar-refractivity contribution is 5.65. The molecule has 0 amide bonds. The maximum Gasteiger partial charge on any atom is 0.322 e. The molecule has 3 fully saturated rings. The van der Waals surface area contributed by atoms with E-state index in [0.29, 0.717) is 11.8 Å². The van der Waals surface area contributed by atoms with Crippen molar-refractivity contribution < 1.29 is 9.63 Å². The van der Waals surface area contributed by atoms with Crippen molar-refractivity contribution >= 4 is 5.97 Å². The summed E-state index contributed by atoms with van der Waals surface area (Å²) in [5.74, 6) is 2.72. The molecule has 3 heteroatoms. The maximum atomic E-state index is 11.9. The van der Waals surface area contributed by atoms with Crippen molar-refractivity contribution in [2.24, 2.45) is 17.8 Å². The van der Waals surface area contributed by atoms with Gasteiger partial charge in [-0.2, -0.15) is 0 Å². The fourth-order valence-electron chi connectivity index (χ4n) is 6.10. The van der Waals surface area contributed by atoms with Crippen LogP contribution < -0.4 is 0 Å². The van der Waals surface area contributed by atoms with Crippen LogP contribution in [0.1, 0.15) is 89.5 Å². The van der Waals surface area contributed by atoms with Crippen LogP contribution in [0.25, 0.3) is 0 Å². The number of hydroxylamine groups is 2. The second-order valence-electron chi connectivity index (χ2n) is 9.70. The normalized spacial score (nSPS) is 32.9. The highest BCUT2D eigenvalue weighted by Crippen LogP contribution is 2.56. The van der Waals surface area contributed by atoms with E-state index >= 15 is 0 Å². The van der Waals surface area contributed by atoms with Gasteiger partial charge in [-0.3, -0.25) is 4.79 Å². The minimum atomic E-state index is -0.147. The Morgan fingerprint density at radius 3 is 2.64 bits per heavy atom. The summed E-state index contributed by atoms with van der Waals surface area (Å²) < 4.78 is 0. The lowest BCUT2D eigenvalue weighted by Gasteiger charge is -2.57. The van der Waals surface area contributed by atoms with Gasteiger partial charge in [-0.05, 0) is 61.3 Å². The van der Waals surface area contributed by atoms with E-state index in [4.69, 9.17) is 4.84 Å². The molecule has 0 radical (unpaired) electrons. The number of carbonyl (C=O) groups excluding carboxylic acids is 1. The molecule has 1 aliphatic heterocycles. The number of hydrogen-bond acceptors (Lipinski definition) is 3. The van der Waals surface area contributed by atoms with Gasteiger partial charge in [0.1, 0.15) is 0 Å². The molecule has 2 bridgehead atoms. The van der Waals surface area contributed by atoms with Crippen molar-refractivity contribution in [2.75, 3.05) is 6.54 Å². The predicted molar refractivity (Wildman–Crippen MR) is 113 cm³/mol. The van der Waals surface area contributed by atoms with E-state index < -0.39 is 0 Å². The number of unbranched alkanes of at least 4 members (excludes halogenated alkanes) is 2. The SMILES string of the molecule is CCCCCC1CN(OC(C)=O)C2(CC3CC3)CCC(c3ccccc3)C1C2. The van der Waals surface area contributed by atoms with Crippen LogP contribution >= 0.6 is 0 Å². The van der Waals surface area contributed by atoms with Crippen LogP contribution in [-0.2, 0) is 9.63 Å². The van der Waals surface area contributed by atoms with E-state index in [9.17, 15) is 4.79 Å². The number of piperidine rings is 1. The number of nitrogens with zero attached hydrogens (tertiary/aromatic N) is 1. The van der Waals surface area contributed by atoms with Crippen LogP contribution in [0.5, 0.6) is 0 Å². The molecule has 1 heterocycles. The first-order valence-corrected chi connectivity index (χ1v) is 11.6. The van der Waals surface area contributed by atoms with Crippen molar-refractivity contribution in [3.8, 4) is 0 Å². The average molecular weight is 384 g/mol. The molecule has 0 spiro atoms. The molecule has 1 aromatic carbocycles. The molecule has 0 aromatic heterocycles. The van der Waals surface area contributed by atoms with Gasteiger partial charge in [0.15, 0.2) is 0 Å². The summed E-state index contributed by atoms with van der Waals surface area (Å²) in [5, 5.41) is 2.17. The first-order chi connectivity index (χ1) is 13.6. The topological polar surface area (TPSA) is 29.5 Å². The number of hydrogen-bond donors (Lipinski definition) is 0. The lowest BCUT2D eigenvalue weighted by atomic mass is 9.59. The molecule has 4 unspecified atom stereocenters. The quantitative estimate of drug-likeness (QED) is 0.508. The van der Waals surface area contributed by atoms with E-state index in [1.54, 1.807) is 6.92 Å². The number of benzene rings is 1. The van der Waals surface area contributed by atoms with Crippen LogP contribution in [0.4, 0.5) is 0 Å². The summed E-state index contributed by atoms with van der Waals surface area (Å²) in [6.45, 7) is 4.78. The molecule has 4 atom stereocenters. The van der Waals surface area contributed by atoms with Gasteiger partial charge in [0.25, 0.3) is 0 Å². The Kier molecular flexibility index (Phi) is 6.10. The highest BCUT2D eigenvalue weighted by atomic mass is 16.7. The molecule has 154 valence electrons. The van der Waals surface area contributed by atoms with Crippen LogP contribution in [-0.4, -0.2) is 23.1 Å². The molecule has 2 aliphatic carbocycles. The second-order valence-corrected chi connectivity index (χ2v) is 9.70. The minimum Gasteiger partial charge on any atom is -0.368 e. The smallest absolute Gasteiger partial charge is 0.322 e. The van der Waals surface area contributed by atoms with Crippen molar-refractivity contribution in [2.45, 2.75) is 89.5 Å². The minimum absolute atomic E-state index is 0.0873. The zero-order chi connectivity index (χ0) is 19.6. The van der Waals surface area contributed by atoms with Crippen LogP contribution in [0.15, 0.2) is 30.3 Å². The maximum absolute atomic E-state index is 11.9. The van der Waals surface area contributed by atoms with Gasteiger partial charge in [-0.25, -0.2) is 0 Å². The monoisotopic (exact) mass is 383 g/mol. The van der Waals surface area contributed by atoms with Crippen LogP contribution in [0, 0.1) is 17.8 Å². The van der Waals surface area contributed by atoms with E-state index in [0.717, 1.165) is 24.8 Å². The summed E-state index contributed by atoms with van der Waals surface area (Å²) in [5.41, 5.74) is 1.61. The second kappa shape index (κ2) is 8.57. The first-order valence-electron chi connectivity index (χ1n) is 11.6. The van der Waals surface area contributed by atoms with E-state index in [1.165, 1.54) is 63.4 Å². The van der Waals surface area contributed by atoms with Gasteiger partial charge in [0, 0.05) is 13.5 Å². The largest absolute Gasteiger partial charge is 0.368 e. The summed E-state index contributed by atoms with van der Waals surface area (Å²) in [6, 6.07) is 11.2. The Morgan fingerprint density at radius 1 is 1.18 bits per heavy atom. The fraction of sp³-hybridized carbons (Fsp3) is 0.720. The van der Waals surface area contributed by atoms with Crippen LogP contribution in [0.3, 0.4) is 0 Å². The number of rotatable bonds is 8. The first kappa shape index (κ1) is 19.9. The summed E-state index contributed by atoms with van der Waals surface area (Å²) in [4.78, 5) is 17.8. The van der Waals surface area contributed by atoms with Crippen molar-refractivity contribution in [3.63, 3.8) is 0 Å². The molecule has 3 nitrogen and oxygen atoms in total. The van der Waals surface area contributed by atoms with Crippen molar-refractivity contribution in [1.82, 2.24) is 5.06 Å². The number of fused-ring (bicyclic) bond motifs is 2. The van der Waals surface area contributed by atoms with E-state index in [2.05, 4.69) is 42.3 Å². The third kappa shape index (κ3) is 4.30. The zero-order valence-electron chi connectivity index (χ0n) is 17.7. The Balaban J connectivity index is 1.60. The third-order valence-electron chi connectivity index (χ3n) is 7.60. The molecular formula is C25H37NO2. The van der Waals surface area contributed by atoms with Gasteiger partial charge < -0.3 is 4.84 Å². The Hall–Kier alpha value is -1.35. The highest BCUT2D eigenvalue weighted by Gasteiger charge is 2.54. The summed E-state index contributed by atoms with van der Waals surface area (Å²) in [6.07, 6.45) is 12.7. The van der Waals surface area contributed by atoms with Gasteiger partial charge in [0.05, 0.1) is 5.54 Å². The van der Waals surface area contributed by atoms with Crippen LogP contribution in [0.2, 0.25) is 0 Å². The van der Waals surface area contributed by atoms with E-state index in [1.807, 2.05) is 0 Å². The third-order valence-corrected chi connectivity index (χ3v) is 7.60. The Bertz CT molecular complexity index is 656. The molecule has 3 aliphatic rings. The van der Waals surface area contributed by atoms with Gasteiger partial charge in [-0.1, -0.05) is 69.4 Å². The fourth-order valence-corrected chi connectivity index (χ4v) is 6.10. The Labute approximate surface area is 170 Å². The van der Waals surface area contributed by atoms with Crippen molar-refractivity contribution in [1.29, 1.82) is 0 Å². The lowest BCUT2D eigenvalue weighted by Crippen LogP contribution is -2.60. The molecule has 2 saturated carbocycles. The molecule has 28 heavy (non-hydrogen) atoms. The molecule has 0 N–H and O–H groups in total. The molecule has 1 saturated heterocycles. The predicted octanol–water partition coefficient (Wildman–Crippen LogP) is 6.10. The molecular weight excluding hydrogens is 346 g/mol. The lowest BCUT2D eigenvalue weighted by molar-refractivity contribution is -0.256. The molecule has 1 aromatic rings. The van der Waals surface area contributed by atoms with Crippen molar-refractivity contribution in [3.05, 3.63) is 35.9 Å². The van der Waals surface area contributed by atoms with Gasteiger partial charge >= 0.3 is 5.97 Å². The average Bonchev–Trinajstić information content (AvgIpc) is 3.50. The van der Waals surface area contributed by atoms with Gasteiger partial charge in [0.2, 0.25) is 0 Å². The summed E-state index contributed by atoms with van der Waals surface area (Å²) in [7, 11) is 0. The number of carbonyl (C=O) groups is 1. The standard InChI is InChI=1S/C25H37NO2/c1-3-4-6-11-22-18-26(28-19(2)27)25(16-20-12-13-20)15-14-23(24(22)17-25)21-9-7-5-8-10-21/h5,7-10,20,22-24H,3-4,6,11-18H2,1-2H3. The molecule has 4 rings (SSSR count).